The minimum Gasteiger partial charge on any atom is -0.322 e. The van der Waals surface area contributed by atoms with Crippen molar-refractivity contribution in [3.05, 3.63) is 90.0 Å². The predicted molar refractivity (Wildman–Crippen MR) is 148 cm³/mol. The van der Waals surface area contributed by atoms with Crippen molar-refractivity contribution in [3.63, 3.8) is 0 Å². The van der Waals surface area contributed by atoms with Crippen LogP contribution < -0.4 is 15.5 Å². The van der Waals surface area contributed by atoms with Gasteiger partial charge in [0.1, 0.15) is 0 Å². The summed E-state index contributed by atoms with van der Waals surface area (Å²) < 4.78 is 0. The third-order valence-corrected chi connectivity index (χ3v) is 7.27. The van der Waals surface area contributed by atoms with Gasteiger partial charge in [0.25, 0.3) is 0 Å². The lowest BCUT2D eigenvalue weighted by molar-refractivity contribution is -0.117. The van der Waals surface area contributed by atoms with Crippen molar-refractivity contribution in [2.75, 3.05) is 23.4 Å². The molecule has 2 aliphatic rings. The molecule has 3 aromatic carbocycles. The Morgan fingerprint density at radius 1 is 0.946 bits per heavy atom. The van der Waals surface area contributed by atoms with Crippen molar-refractivity contribution in [2.24, 2.45) is 16.8 Å². The van der Waals surface area contributed by atoms with Gasteiger partial charge in [-0.05, 0) is 48.7 Å². The van der Waals surface area contributed by atoms with Gasteiger partial charge < -0.3 is 10.6 Å². The highest BCUT2D eigenvalue weighted by molar-refractivity contribution is 6.13. The number of hydrogen-bond acceptors (Lipinski definition) is 4. The molecule has 1 saturated carbocycles. The fourth-order valence-electron chi connectivity index (χ4n) is 5.22. The number of carbonyl (C=O) groups is 2. The molecule has 190 valence electrons. The van der Waals surface area contributed by atoms with Gasteiger partial charge >= 0.3 is 6.03 Å². The summed E-state index contributed by atoms with van der Waals surface area (Å²) >= 11 is 0. The highest BCUT2D eigenvalue weighted by Gasteiger charge is 2.34. The molecule has 0 atom stereocenters. The number of amides is 3. The molecule has 0 radical (unpaired) electrons. The molecule has 3 amide bonds. The van der Waals surface area contributed by atoms with Crippen LogP contribution in [0.25, 0.3) is 0 Å². The Labute approximate surface area is 218 Å². The standard InChI is InChI=1S/C30H33N5O2/c1-33(28(36)20-31)24-16-18-25(19-17-24)35-27-15-9-8-14-26(27)29(23-12-6-3-7-13-23)32-34(30(35)37)21-22-10-4-2-5-11-22/h2,4-5,8-11,14-19,23H,3,6-7,12-13,20-21,31H2,1H3. The lowest BCUT2D eigenvalue weighted by Crippen LogP contribution is -2.37. The van der Waals surface area contributed by atoms with Gasteiger partial charge in [-0.3, -0.25) is 9.69 Å². The number of hydrogen-bond donors (Lipinski definition) is 1. The van der Waals surface area contributed by atoms with Crippen molar-refractivity contribution < 1.29 is 9.59 Å². The van der Waals surface area contributed by atoms with E-state index >= 15 is 0 Å². The lowest BCUT2D eigenvalue weighted by Gasteiger charge is -2.27. The molecule has 3 aromatic rings. The third kappa shape index (κ3) is 5.13. The van der Waals surface area contributed by atoms with Crippen LogP contribution in [0.1, 0.15) is 43.2 Å². The van der Waals surface area contributed by atoms with Crippen LogP contribution >= 0.6 is 0 Å². The second-order valence-electron chi connectivity index (χ2n) is 9.67. The summed E-state index contributed by atoms with van der Waals surface area (Å²) in [7, 11) is 1.70. The Kier molecular flexibility index (Phi) is 7.32. The number of nitrogens with two attached hydrogens (primary N) is 1. The maximum absolute atomic E-state index is 14.2. The molecule has 2 N–H and O–H groups in total. The molecule has 1 fully saturated rings. The average Bonchev–Trinajstić information content (AvgIpc) is 3.07. The molecule has 7 nitrogen and oxygen atoms in total. The smallest absolute Gasteiger partial charge is 0.322 e. The van der Waals surface area contributed by atoms with Crippen LogP contribution in [0.2, 0.25) is 0 Å². The first-order valence-electron chi connectivity index (χ1n) is 13.0. The van der Waals surface area contributed by atoms with Crippen molar-refractivity contribution in [1.29, 1.82) is 0 Å². The molecule has 1 aliphatic carbocycles. The molecular weight excluding hydrogens is 462 g/mol. The summed E-state index contributed by atoms with van der Waals surface area (Å²) in [5.41, 5.74) is 10.8. The maximum atomic E-state index is 14.2. The van der Waals surface area contributed by atoms with Crippen LogP contribution in [0, 0.1) is 5.92 Å². The van der Waals surface area contributed by atoms with Gasteiger partial charge in [-0.1, -0.05) is 67.8 Å². The molecule has 0 bridgehead atoms. The first kappa shape index (κ1) is 24.7. The first-order valence-corrected chi connectivity index (χ1v) is 13.0. The quantitative estimate of drug-likeness (QED) is 0.479. The maximum Gasteiger partial charge on any atom is 0.349 e. The van der Waals surface area contributed by atoms with Gasteiger partial charge in [-0.25, -0.2) is 9.80 Å². The van der Waals surface area contributed by atoms with E-state index in [1.54, 1.807) is 17.0 Å². The van der Waals surface area contributed by atoms with Crippen LogP contribution in [0.5, 0.6) is 0 Å². The van der Waals surface area contributed by atoms with E-state index in [0.29, 0.717) is 18.2 Å². The molecule has 7 heteroatoms. The van der Waals surface area contributed by atoms with E-state index in [1.807, 2.05) is 72.8 Å². The Morgan fingerprint density at radius 3 is 2.32 bits per heavy atom. The number of hydrazone groups is 1. The number of urea groups is 1. The average molecular weight is 496 g/mol. The number of likely N-dealkylation sites (N-methyl/N-ethyl adjacent to an activating group) is 1. The van der Waals surface area contributed by atoms with E-state index in [1.165, 1.54) is 24.2 Å². The fraction of sp³-hybridized carbons (Fsp3) is 0.300. The largest absolute Gasteiger partial charge is 0.349 e. The highest BCUT2D eigenvalue weighted by atomic mass is 16.2. The predicted octanol–water partition coefficient (Wildman–Crippen LogP) is 5.67. The second kappa shape index (κ2) is 11.0. The molecule has 1 heterocycles. The minimum atomic E-state index is -0.207. The zero-order chi connectivity index (χ0) is 25.8. The van der Waals surface area contributed by atoms with Crippen molar-refractivity contribution in [2.45, 2.75) is 38.6 Å². The third-order valence-electron chi connectivity index (χ3n) is 7.27. The van der Waals surface area contributed by atoms with Crippen molar-refractivity contribution in [1.82, 2.24) is 5.01 Å². The lowest BCUT2D eigenvalue weighted by atomic mass is 9.83. The number of para-hydroxylation sites is 1. The number of nitrogens with zero attached hydrogens (tertiary/aromatic N) is 4. The number of fused-ring (bicyclic) bond motifs is 1. The van der Waals surface area contributed by atoms with Gasteiger partial charge in [0.05, 0.1) is 30.2 Å². The molecular formula is C30H33N5O2. The Balaban J connectivity index is 1.59. The van der Waals surface area contributed by atoms with E-state index in [9.17, 15) is 9.59 Å². The van der Waals surface area contributed by atoms with Gasteiger partial charge in [-0.15, -0.1) is 0 Å². The number of anilines is 3. The highest BCUT2D eigenvalue weighted by Crippen LogP contribution is 2.38. The summed E-state index contributed by atoms with van der Waals surface area (Å²) in [4.78, 5) is 29.5. The number of carbonyl (C=O) groups excluding carboxylic acids is 2. The summed E-state index contributed by atoms with van der Waals surface area (Å²) in [6, 6.07) is 25.2. The Bertz CT molecular complexity index is 1280. The van der Waals surface area contributed by atoms with Gasteiger partial charge in [0, 0.05) is 24.2 Å². The topological polar surface area (TPSA) is 82.2 Å². The van der Waals surface area contributed by atoms with Crippen LogP contribution in [0.4, 0.5) is 21.9 Å². The van der Waals surface area contributed by atoms with Crippen molar-refractivity contribution in [3.8, 4) is 0 Å². The molecule has 1 aliphatic heterocycles. The number of benzene rings is 3. The monoisotopic (exact) mass is 495 g/mol. The Morgan fingerprint density at radius 2 is 1.62 bits per heavy atom. The van der Waals surface area contributed by atoms with Crippen LogP contribution in [-0.2, 0) is 11.3 Å². The molecule has 0 aromatic heterocycles. The van der Waals surface area contributed by atoms with Crippen LogP contribution in [-0.4, -0.2) is 36.3 Å². The molecule has 0 unspecified atom stereocenters. The fourth-order valence-corrected chi connectivity index (χ4v) is 5.22. The van der Waals surface area contributed by atoms with E-state index in [0.717, 1.165) is 41.1 Å². The zero-order valence-corrected chi connectivity index (χ0v) is 21.2. The first-order chi connectivity index (χ1) is 18.1. The number of rotatable bonds is 6. The van der Waals surface area contributed by atoms with E-state index in [2.05, 4.69) is 6.07 Å². The van der Waals surface area contributed by atoms with E-state index < -0.39 is 0 Å². The Hall–Kier alpha value is -3.97. The summed E-state index contributed by atoms with van der Waals surface area (Å²) in [5, 5.41) is 6.67. The van der Waals surface area contributed by atoms with Crippen LogP contribution in [0.3, 0.4) is 0 Å². The summed E-state index contributed by atoms with van der Waals surface area (Å²) in [6.07, 6.45) is 5.77. The summed E-state index contributed by atoms with van der Waals surface area (Å²) in [6.45, 7) is 0.318. The molecule has 5 rings (SSSR count). The van der Waals surface area contributed by atoms with Gasteiger partial charge in [0.2, 0.25) is 5.91 Å². The van der Waals surface area contributed by atoms with Crippen molar-refractivity contribution >= 4 is 34.7 Å². The van der Waals surface area contributed by atoms with Crippen LogP contribution in [0.15, 0.2) is 84.0 Å². The minimum absolute atomic E-state index is 0.0635. The molecule has 0 spiro atoms. The normalized spacial score (nSPS) is 16.2. The van der Waals surface area contributed by atoms with Gasteiger partial charge in [0.15, 0.2) is 0 Å². The molecule has 0 saturated heterocycles. The van der Waals surface area contributed by atoms with E-state index in [4.69, 9.17) is 10.8 Å². The second-order valence-corrected chi connectivity index (χ2v) is 9.67. The van der Waals surface area contributed by atoms with Gasteiger partial charge in [-0.2, -0.15) is 5.10 Å². The molecule has 37 heavy (non-hydrogen) atoms. The van der Waals surface area contributed by atoms with E-state index in [-0.39, 0.29) is 18.5 Å². The SMILES string of the molecule is CN(C(=O)CN)c1ccc(N2C(=O)N(Cc3ccccc3)N=C(C3CCCCC3)c3ccccc32)cc1. The summed E-state index contributed by atoms with van der Waals surface area (Å²) in [5.74, 6) is 0.141. The zero-order valence-electron chi connectivity index (χ0n) is 21.2.